The van der Waals surface area contributed by atoms with Gasteiger partial charge in [-0.15, -0.1) is 0 Å². The van der Waals surface area contributed by atoms with E-state index in [1.54, 1.807) is 0 Å². The Kier molecular flexibility index (Phi) is 4.98. The van der Waals surface area contributed by atoms with Crippen molar-refractivity contribution in [2.24, 2.45) is 5.73 Å². The van der Waals surface area contributed by atoms with E-state index in [0.29, 0.717) is 5.25 Å². The molecule has 2 rings (SSSR count). The molecule has 3 atom stereocenters. The summed E-state index contributed by atoms with van der Waals surface area (Å²) in [5.41, 5.74) is 6.44. The van der Waals surface area contributed by atoms with E-state index in [9.17, 15) is 0 Å². The summed E-state index contributed by atoms with van der Waals surface area (Å²) in [5.74, 6) is 1.28. The summed E-state index contributed by atoms with van der Waals surface area (Å²) in [5, 5.41) is 0.693. The Labute approximate surface area is 116 Å². The minimum atomic E-state index is 0.284. The summed E-state index contributed by atoms with van der Waals surface area (Å²) in [7, 11) is 0. The van der Waals surface area contributed by atoms with Crippen LogP contribution in [0.25, 0.3) is 0 Å². The molecule has 0 amide bonds. The van der Waals surface area contributed by atoms with Gasteiger partial charge < -0.3 is 5.73 Å². The van der Waals surface area contributed by atoms with Gasteiger partial charge in [-0.05, 0) is 31.7 Å². The van der Waals surface area contributed by atoms with Gasteiger partial charge in [-0.1, -0.05) is 20.8 Å². The van der Waals surface area contributed by atoms with Gasteiger partial charge in [-0.3, -0.25) is 9.80 Å². The average Bonchev–Trinajstić information content (AvgIpc) is 2.98. The number of nitrogens with two attached hydrogens (primary N) is 1. The molecular weight excluding hydrogens is 242 g/mol. The lowest BCUT2D eigenvalue weighted by Gasteiger charge is -2.41. The van der Waals surface area contributed by atoms with Gasteiger partial charge in [0.05, 0.1) is 0 Å². The van der Waals surface area contributed by atoms with Crippen LogP contribution >= 0.6 is 11.8 Å². The van der Waals surface area contributed by atoms with Crippen LogP contribution in [0.3, 0.4) is 0 Å². The summed E-state index contributed by atoms with van der Waals surface area (Å²) in [6.07, 6.45) is 2.60. The molecule has 106 valence electrons. The number of likely N-dealkylation sites (tertiary alicyclic amines) is 1. The highest BCUT2D eigenvalue weighted by molar-refractivity contribution is 8.00. The Morgan fingerprint density at radius 3 is 2.61 bits per heavy atom. The summed E-state index contributed by atoms with van der Waals surface area (Å²) >= 11 is 2.10. The summed E-state index contributed by atoms with van der Waals surface area (Å²) in [4.78, 5) is 5.32. The maximum Gasteiger partial charge on any atom is 0.0455 e. The predicted octanol–water partition coefficient (Wildman–Crippen LogP) is 1.63. The molecule has 0 spiro atoms. The first kappa shape index (κ1) is 14.6. The molecule has 0 aliphatic carbocycles. The number of thioether (sulfide) groups is 1. The second-order valence-electron chi connectivity index (χ2n) is 5.68. The van der Waals surface area contributed by atoms with E-state index in [1.165, 1.54) is 44.8 Å². The molecule has 18 heavy (non-hydrogen) atoms. The molecule has 0 aromatic heterocycles. The van der Waals surface area contributed by atoms with Gasteiger partial charge in [0, 0.05) is 36.5 Å². The Balaban J connectivity index is 2.03. The molecule has 0 saturated carbocycles. The van der Waals surface area contributed by atoms with Crippen LogP contribution in [-0.4, -0.2) is 65.1 Å². The van der Waals surface area contributed by atoms with Crippen LogP contribution in [0.5, 0.6) is 0 Å². The van der Waals surface area contributed by atoms with Gasteiger partial charge in [0.15, 0.2) is 0 Å². The average molecular weight is 271 g/mol. The molecule has 2 N–H and O–H groups in total. The van der Waals surface area contributed by atoms with E-state index in [-0.39, 0.29) is 5.54 Å². The number of likely N-dealkylation sites (N-methyl/N-ethyl adjacent to an activating group) is 1. The third-order valence-electron chi connectivity index (χ3n) is 5.13. The van der Waals surface area contributed by atoms with Crippen molar-refractivity contribution < 1.29 is 0 Å². The maximum atomic E-state index is 6.16. The second-order valence-corrected chi connectivity index (χ2v) is 7.13. The van der Waals surface area contributed by atoms with Crippen LogP contribution in [0.2, 0.25) is 0 Å². The van der Waals surface area contributed by atoms with Crippen molar-refractivity contribution in [3.05, 3.63) is 0 Å². The Hall–Kier alpha value is 0.230. The molecule has 3 unspecified atom stereocenters. The van der Waals surface area contributed by atoms with Crippen LogP contribution < -0.4 is 5.73 Å². The number of hydrogen-bond acceptors (Lipinski definition) is 4. The molecule has 0 radical (unpaired) electrons. The van der Waals surface area contributed by atoms with Gasteiger partial charge in [-0.25, -0.2) is 0 Å². The van der Waals surface area contributed by atoms with E-state index in [2.05, 4.69) is 42.3 Å². The monoisotopic (exact) mass is 271 g/mol. The fourth-order valence-corrected chi connectivity index (χ4v) is 5.27. The normalized spacial score (nSPS) is 37.8. The largest absolute Gasteiger partial charge is 0.329 e. The van der Waals surface area contributed by atoms with Crippen LogP contribution in [0, 0.1) is 0 Å². The molecule has 4 heteroatoms. The highest BCUT2D eigenvalue weighted by Gasteiger charge is 2.47. The minimum Gasteiger partial charge on any atom is -0.329 e. The lowest BCUT2D eigenvalue weighted by atomic mass is 9.91. The van der Waals surface area contributed by atoms with Crippen LogP contribution in [0.1, 0.15) is 33.6 Å². The Bertz CT molecular complexity index is 270. The molecule has 0 bridgehead atoms. The fraction of sp³-hybridized carbons (Fsp3) is 1.00. The van der Waals surface area contributed by atoms with E-state index < -0.39 is 0 Å². The molecule has 2 aliphatic heterocycles. The SMILES string of the molecule is CCN(CC)C1CCN(C2(CN)CCSC2C)C1. The molecule has 0 aromatic carbocycles. The highest BCUT2D eigenvalue weighted by Crippen LogP contribution is 2.41. The third kappa shape index (κ3) is 2.45. The highest BCUT2D eigenvalue weighted by atomic mass is 32.2. The quantitative estimate of drug-likeness (QED) is 0.824. The van der Waals surface area contributed by atoms with Crippen molar-refractivity contribution in [3.8, 4) is 0 Å². The first-order valence-electron chi connectivity index (χ1n) is 7.48. The summed E-state index contributed by atoms with van der Waals surface area (Å²) in [6, 6.07) is 0.751. The number of nitrogens with zero attached hydrogens (tertiary/aromatic N) is 2. The van der Waals surface area contributed by atoms with Crippen molar-refractivity contribution in [2.45, 2.75) is 50.4 Å². The molecule has 2 fully saturated rings. The Morgan fingerprint density at radius 1 is 1.39 bits per heavy atom. The zero-order valence-corrected chi connectivity index (χ0v) is 13.0. The van der Waals surface area contributed by atoms with Gasteiger partial charge in [0.2, 0.25) is 0 Å². The lowest BCUT2D eigenvalue weighted by Crippen LogP contribution is -2.57. The van der Waals surface area contributed by atoms with Gasteiger partial charge in [-0.2, -0.15) is 11.8 Å². The smallest absolute Gasteiger partial charge is 0.0455 e. The van der Waals surface area contributed by atoms with Crippen LogP contribution in [0.4, 0.5) is 0 Å². The molecule has 0 aromatic rings. The second kappa shape index (κ2) is 6.12. The molecule has 2 heterocycles. The molecule has 3 nitrogen and oxygen atoms in total. The van der Waals surface area contributed by atoms with Gasteiger partial charge in [0.1, 0.15) is 0 Å². The van der Waals surface area contributed by atoms with E-state index >= 15 is 0 Å². The molecule has 2 aliphatic rings. The zero-order chi connectivity index (χ0) is 13.2. The number of hydrogen-bond donors (Lipinski definition) is 1. The Morgan fingerprint density at radius 2 is 2.11 bits per heavy atom. The fourth-order valence-electron chi connectivity index (χ4n) is 3.77. The first-order chi connectivity index (χ1) is 8.67. The van der Waals surface area contributed by atoms with Crippen molar-refractivity contribution >= 4 is 11.8 Å². The van der Waals surface area contributed by atoms with Crippen molar-refractivity contribution in [2.75, 3.05) is 38.5 Å². The van der Waals surface area contributed by atoms with Crippen LogP contribution in [-0.2, 0) is 0 Å². The summed E-state index contributed by atoms with van der Waals surface area (Å²) < 4.78 is 0. The third-order valence-corrected chi connectivity index (χ3v) is 6.51. The topological polar surface area (TPSA) is 32.5 Å². The van der Waals surface area contributed by atoms with E-state index in [0.717, 1.165) is 12.6 Å². The van der Waals surface area contributed by atoms with E-state index in [1.807, 2.05) is 0 Å². The molecular formula is C14H29N3S. The number of rotatable bonds is 5. The van der Waals surface area contributed by atoms with E-state index in [4.69, 9.17) is 5.73 Å². The predicted molar refractivity (Wildman–Crippen MR) is 81.2 cm³/mol. The maximum absolute atomic E-state index is 6.16. The van der Waals surface area contributed by atoms with Gasteiger partial charge >= 0.3 is 0 Å². The lowest BCUT2D eigenvalue weighted by molar-refractivity contribution is 0.112. The van der Waals surface area contributed by atoms with Gasteiger partial charge in [0.25, 0.3) is 0 Å². The van der Waals surface area contributed by atoms with Crippen molar-refractivity contribution in [3.63, 3.8) is 0 Å². The van der Waals surface area contributed by atoms with Crippen molar-refractivity contribution in [1.29, 1.82) is 0 Å². The molecule has 2 saturated heterocycles. The summed E-state index contributed by atoms with van der Waals surface area (Å²) in [6.45, 7) is 12.6. The first-order valence-corrected chi connectivity index (χ1v) is 8.53. The standard InChI is InChI=1S/C14H29N3S/c1-4-16(5-2)13-6-8-17(10-13)14(11-15)7-9-18-12(14)3/h12-13H,4-11,15H2,1-3H3. The minimum absolute atomic E-state index is 0.284. The zero-order valence-electron chi connectivity index (χ0n) is 12.2. The van der Waals surface area contributed by atoms with Crippen LogP contribution in [0.15, 0.2) is 0 Å². The van der Waals surface area contributed by atoms with Crippen molar-refractivity contribution in [1.82, 2.24) is 9.80 Å².